The first-order valence-electron chi connectivity index (χ1n) is 5.06. The van der Waals surface area contributed by atoms with Gasteiger partial charge in [-0.3, -0.25) is 0 Å². The molecule has 0 atom stereocenters. The third-order valence-electron chi connectivity index (χ3n) is 2.46. The molecule has 0 aliphatic carbocycles. The molecule has 0 bridgehead atoms. The van der Waals surface area contributed by atoms with Crippen LogP contribution in [0.3, 0.4) is 0 Å². The predicted octanol–water partition coefficient (Wildman–Crippen LogP) is 1.18. The number of imidazole rings is 1. The van der Waals surface area contributed by atoms with Crippen molar-refractivity contribution in [2.24, 2.45) is 0 Å². The van der Waals surface area contributed by atoms with Gasteiger partial charge in [-0.05, 0) is 12.1 Å². The van der Waals surface area contributed by atoms with Crippen LogP contribution in [-0.2, 0) is 0 Å². The van der Waals surface area contributed by atoms with Crippen LogP contribution >= 0.6 is 0 Å². The van der Waals surface area contributed by atoms with Gasteiger partial charge >= 0.3 is 0 Å². The Morgan fingerprint density at radius 3 is 2.82 bits per heavy atom. The standard InChI is InChI=1S/C11H10N6/c12-7-3-1-2-6(4-7)10-16-9(13)8-11(17-10)15-5-14-8/h1-5H,12H2,(H3,13,14,15,16,17). The summed E-state index contributed by atoms with van der Waals surface area (Å²) in [4.78, 5) is 15.5. The highest BCUT2D eigenvalue weighted by molar-refractivity contribution is 5.83. The first-order valence-corrected chi connectivity index (χ1v) is 5.06. The fraction of sp³-hybridized carbons (Fsp3) is 0. The predicted molar refractivity (Wildman–Crippen MR) is 65.9 cm³/mol. The molecule has 2 aromatic heterocycles. The number of nitrogens with zero attached hydrogens (tertiary/aromatic N) is 3. The van der Waals surface area contributed by atoms with Gasteiger partial charge in [0.15, 0.2) is 17.3 Å². The fourth-order valence-corrected chi connectivity index (χ4v) is 1.66. The molecule has 3 rings (SSSR count). The minimum Gasteiger partial charge on any atom is -0.399 e. The van der Waals surface area contributed by atoms with Crippen molar-refractivity contribution in [2.45, 2.75) is 0 Å². The van der Waals surface area contributed by atoms with Crippen molar-refractivity contribution in [3.05, 3.63) is 30.6 Å². The van der Waals surface area contributed by atoms with Gasteiger partial charge in [-0.2, -0.15) is 0 Å². The molecule has 17 heavy (non-hydrogen) atoms. The molecular weight excluding hydrogens is 216 g/mol. The van der Waals surface area contributed by atoms with Crippen LogP contribution in [0.2, 0.25) is 0 Å². The van der Waals surface area contributed by atoms with E-state index in [9.17, 15) is 0 Å². The van der Waals surface area contributed by atoms with Crippen LogP contribution in [0.4, 0.5) is 11.5 Å². The van der Waals surface area contributed by atoms with Gasteiger partial charge in [0, 0.05) is 11.3 Å². The third-order valence-corrected chi connectivity index (χ3v) is 2.46. The van der Waals surface area contributed by atoms with E-state index in [2.05, 4.69) is 19.9 Å². The van der Waals surface area contributed by atoms with Gasteiger partial charge in [-0.1, -0.05) is 12.1 Å². The van der Waals surface area contributed by atoms with E-state index in [1.54, 1.807) is 18.5 Å². The Labute approximate surface area is 96.7 Å². The molecule has 0 aliphatic heterocycles. The van der Waals surface area contributed by atoms with Crippen molar-refractivity contribution < 1.29 is 0 Å². The zero-order valence-corrected chi connectivity index (χ0v) is 8.88. The van der Waals surface area contributed by atoms with Crippen molar-refractivity contribution >= 4 is 22.7 Å². The number of nitrogen functional groups attached to an aromatic ring is 2. The Hall–Kier alpha value is -2.63. The summed E-state index contributed by atoms with van der Waals surface area (Å²) in [6, 6.07) is 7.33. The average Bonchev–Trinajstić information content (AvgIpc) is 2.77. The number of nitrogens with two attached hydrogens (primary N) is 2. The summed E-state index contributed by atoms with van der Waals surface area (Å²) in [6.07, 6.45) is 1.54. The highest BCUT2D eigenvalue weighted by Gasteiger charge is 2.08. The highest BCUT2D eigenvalue weighted by atomic mass is 15.0. The van der Waals surface area contributed by atoms with Gasteiger partial charge < -0.3 is 16.5 Å². The molecule has 6 nitrogen and oxygen atoms in total. The van der Waals surface area contributed by atoms with Crippen LogP contribution in [0, 0.1) is 0 Å². The number of fused-ring (bicyclic) bond motifs is 1. The lowest BCUT2D eigenvalue weighted by Crippen LogP contribution is -1.98. The summed E-state index contributed by atoms with van der Waals surface area (Å²) in [7, 11) is 0. The largest absolute Gasteiger partial charge is 0.399 e. The molecule has 0 amide bonds. The maximum absolute atomic E-state index is 5.82. The molecule has 0 unspecified atom stereocenters. The van der Waals surface area contributed by atoms with E-state index < -0.39 is 0 Å². The van der Waals surface area contributed by atoms with Crippen LogP contribution in [-0.4, -0.2) is 19.9 Å². The van der Waals surface area contributed by atoms with E-state index in [1.807, 2.05) is 12.1 Å². The van der Waals surface area contributed by atoms with E-state index in [1.165, 1.54) is 0 Å². The molecular formula is C11H10N6. The van der Waals surface area contributed by atoms with Gasteiger partial charge in [-0.15, -0.1) is 0 Å². The van der Waals surface area contributed by atoms with Crippen molar-refractivity contribution in [1.29, 1.82) is 0 Å². The molecule has 0 spiro atoms. The molecule has 3 aromatic rings. The summed E-state index contributed by atoms with van der Waals surface area (Å²) in [6.45, 7) is 0. The van der Waals surface area contributed by atoms with Crippen LogP contribution in [0.25, 0.3) is 22.6 Å². The normalized spacial score (nSPS) is 10.8. The van der Waals surface area contributed by atoms with Crippen molar-refractivity contribution in [3.63, 3.8) is 0 Å². The van der Waals surface area contributed by atoms with Gasteiger partial charge in [-0.25, -0.2) is 15.0 Å². The molecule has 0 aliphatic rings. The van der Waals surface area contributed by atoms with Gasteiger partial charge in [0.25, 0.3) is 0 Å². The number of hydrogen-bond donors (Lipinski definition) is 3. The Morgan fingerprint density at radius 2 is 2.00 bits per heavy atom. The second-order valence-corrected chi connectivity index (χ2v) is 3.66. The van der Waals surface area contributed by atoms with Crippen molar-refractivity contribution in [3.8, 4) is 11.4 Å². The Bertz CT molecular complexity index is 687. The molecule has 0 saturated heterocycles. The van der Waals surface area contributed by atoms with Gasteiger partial charge in [0.05, 0.1) is 6.33 Å². The van der Waals surface area contributed by atoms with E-state index in [0.29, 0.717) is 28.5 Å². The lowest BCUT2D eigenvalue weighted by Gasteiger charge is -2.02. The minimum atomic E-state index is 0.380. The lowest BCUT2D eigenvalue weighted by molar-refractivity contribution is 1.21. The first kappa shape index (κ1) is 9.59. The quantitative estimate of drug-likeness (QED) is 0.540. The second-order valence-electron chi connectivity index (χ2n) is 3.66. The SMILES string of the molecule is Nc1cccc(-c2nc(N)c3[nH]cnc3n2)c1. The monoisotopic (exact) mass is 226 g/mol. The summed E-state index contributed by atoms with van der Waals surface area (Å²) < 4.78 is 0. The van der Waals surface area contributed by atoms with E-state index in [0.717, 1.165) is 5.56 Å². The number of aromatic nitrogens is 4. The molecule has 84 valence electrons. The molecule has 5 N–H and O–H groups in total. The number of H-pyrrole nitrogens is 1. The Balaban J connectivity index is 2.23. The lowest BCUT2D eigenvalue weighted by atomic mass is 10.2. The number of anilines is 2. The number of hydrogen-bond acceptors (Lipinski definition) is 5. The maximum atomic E-state index is 5.82. The van der Waals surface area contributed by atoms with Crippen molar-refractivity contribution in [1.82, 2.24) is 19.9 Å². The molecule has 0 radical (unpaired) electrons. The number of rotatable bonds is 1. The molecule has 0 saturated carbocycles. The van der Waals surface area contributed by atoms with Gasteiger partial charge in [0.1, 0.15) is 5.52 Å². The highest BCUT2D eigenvalue weighted by Crippen LogP contribution is 2.21. The van der Waals surface area contributed by atoms with Crippen LogP contribution in [0.5, 0.6) is 0 Å². The number of aromatic amines is 1. The second kappa shape index (κ2) is 3.44. The van der Waals surface area contributed by atoms with E-state index in [4.69, 9.17) is 11.5 Å². The fourth-order valence-electron chi connectivity index (χ4n) is 1.66. The van der Waals surface area contributed by atoms with Crippen molar-refractivity contribution in [2.75, 3.05) is 11.5 Å². The smallest absolute Gasteiger partial charge is 0.183 e. The summed E-state index contributed by atoms with van der Waals surface area (Å²) >= 11 is 0. The first-order chi connectivity index (χ1) is 8.24. The molecule has 6 heteroatoms. The maximum Gasteiger partial charge on any atom is 0.183 e. The molecule has 1 aromatic carbocycles. The van der Waals surface area contributed by atoms with Crippen LogP contribution in [0.1, 0.15) is 0 Å². The average molecular weight is 226 g/mol. The zero-order valence-electron chi connectivity index (χ0n) is 8.88. The molecule has 2 heterocycles. The topological polar surface area (TPSA) is 106 Å². The Kier molecular flexibility index (Phi) is 1.94. The number of benzene rings is 1. The van der Waals surface area contributed by atoms with Crippen LogP contribution in [0.15, 0.2) is 30.6 Å². The minimum absolute atomic E-state index is 0.380. The molecule has 0 fully saturated rings. The van der Waals surface area contributed by atoms with E-state index in [-0.39, 0.29) is 0 Å². The Morgan fingerprint density at radius 1 is 1.12 bits per heavy atom. The number of nitrogens with one attached hydrogen (secondary N) is 1. The third kappa shape index (κ3) is 1.55. The van der Waals surface area contributed by atoms with Gasteiger partial charge in [0.2, 0.25) is 0 Å². The zero-order chi connectivity index (χ0) is 11.8. The summed E-state index contributed by atoms with van der Waals surface area (Å²) in [5.41, 5.74) is 14.2. The summed E-state index contributed by atoms with van der Waals surface area (Å²) in [5.74, 6) is 0.902. The summed E-state index contributed by atoms with van der Waals surface area (Å²) in [5, 5.41) is 0. The van der Waals surface area contributed by atoms with E-state index >= 15 is 0 Å². The van der Waals surface area contributed by atoms with Crippen LogP contribution < -0.4 is 11.5 Å².